The summed E-state index contributed by atoms with van der Waals surface area (Å²) in [5, 5.41) is 3.39. The molecule has 2 rings (SSSR count). The molecule has 1 aromatic rings. The molecule has 0 spiro atoms. The number of hydrogen-bond donors (Lipinski definition) is 1. The molecule has 1 aliphatic heterocycles. The third-order valence-electron chi connectivity index (χ3n) is 2.73. The number of aryl methyl sites for hydroxylation is 1. The van der Waals surface area contributed by atoms with Crippen molar-refractivity contribution in [2.45, 2.75) is 32.4 Å². The Morgan fingerprint density at radius 1 is 1.64 bits per heavy atom. The zero-order chi connectivity index (χ0) is 9.97. The maximum Gasteiger partial charge on any atom is 0.250 e. The van der Waals surface area contributed by atoms with Crippen LogP contribution >= 0.6 is 0 Å². The summed E-state index contributed by atoms with van der Waals surface area (Å²) in [4.78, 5) is 11.6. The van der Waals surface area contributed by atoms with E-state index < -0.39 is 0 Å². The Morgan fingerprint density at radius 3 is 3.14 bits per heavy atom. The number of rotatable bonds is 2. The molecule has 0 saturated carbocycles. The predicted octanol–water partition coefficient (Wildman–Crippen LogP) is 0.909. The van der Waals surface area contributed by atoms with Crippen LogP contribution in [0, 0.1) is 6.92 Å². The largest absolute Gasteiger partial charge is 0.314 e. The number of nitrogens with zero attached hydrogens (tertiary/aromatic N) is 1. The van der Waals surface area contributed by atoms with E-state index in [1.165, 1.54) is 12.8 Å². The van der Waals surface area contributed by atoms with Crippen LogP contribution in [0.2, 0.25) is 0 Å². The van der Waals surface area contributed by atoms with Gasteiger partial charge >= 0.3 is 0 Å². The number of pyridine rings is 1. The molecule has 1 atom stereocenters. The molecule has 1 aliphatic rings. The van der Waals surface area contributed by atoms with Crippen molar-refractivity contribution in [2.75, 3.05) is 6.54 Å². The number of nitrogens with one attached hydrogen (secondary N) is 1. The molecule has 14 heavy (non-hydrogen) atoms. The van der Waals surface area contributed by atoms with Crippen LogP contribution in [0.25, 0.3) is 0 Å². The van der Waals surface area contributed by atoms with E-state index in [0.717, 1.165) is 18.7 Å². The van der Waals surface area contributed by atoms with Gasteiger partial charge in [0.05, 0.1) is 0 Å². The van der Waals surface area contributed by atoms with Gasteiger partial charge in [-0.05, 0) is 37.9 Å². The van der Waals surface area contributed by atoms with Gasteiger partial charge in [-0.1, -0.05) is 0 Å². The highest BCUT2D eigenvalue weighted by atomic mass is 16.1. The van der Waals surface area contributed by atoms with E-state index in [2.05, 4.69) is 5.32 Å². The normalized spacial score (nSPS) is 21.4. The average molecular weight is 192 g/mol. The summed E-state index contributed by atoms with van der Waals surface area (Å²) in [7, 11) is 0. The van der Waals surface area contributed by atoms with E-state index in [0.29, 0.717) is 6.04 Å². The molecule has 0 amide bonds. The highest BCUT2D eigenvalue weighted by Crippen LogP contribution is 2.06. The van der Waals surface area contributed by atoms with Crippen LogP contribution in [0.3, 0.4) is 0 Å². The first kappa shape index (κ1) is 9.46. The quantitative estimate of drug-likeness (QED) is 0.755. The lowest BCUT2D eigenvalue weighted by atomic mass is 10.2. The van der Waals surface area contributed by atoms with Gasteiger partial charge in [0.15, 0.2) is 0 Å². The summed E-state index contributed by atoms with van der Waals surface area (Å²) in [6, 6.07) is 4.15. The van der Waals surface area contributed by atoms with Gasteiger partial charge < -0.3 is 9.88 Å². The summed E-state index contributed by atoms with van der Waals surface area (Å²) in [6.45, 7) is 3.84. The van der Waals surface area contributed by atoms with Gasteiger partial charge in [-0.25, -0.2) is 0 Å². The van der Waals surface area contributed by atoms with Gasteiger partial charge in [0, 0.05) is 24.8 Å². The molecule has 0 aliphatic carbocycles. The average Bonchev–Trinajstić information content (AvgIpc) is 2.62. The Kier molecular flexibility index (Phi) is 2.68. The van der Waals surface area contributed by atoms with E-state index in [-0.39, 0.29) is 5.56 Å². The Balaban J connectivity index is 2.12. The van der Waals surface area contributed by atoms with E-state index in [9.17, 15) is 4.79 Å². The summed E-state index contributed by atoms with van der Waals surface area (Å²) < 4.78 is 1.79. The fraction of sp³-hybridized carbons (Fsp3) is 0.545. The molecule has 1 saturated heterocycles. The number of hydrogen-bond acceptors (Lipinski definition) is 2. The van der Waals surface area contributed by atoms with Crippen molar-refractivity contribution in [1.82, 2.24) is 9.88 Å². The topological polar surface area (TPSA) is 34.0 Å². The first-order valence-corrected chi connectivity index (χ1v) is 5.16. The molecular weight excluding hydrogens is 176 g/mol. The molecule has 3 nitrogen and oxygen atoms in total. The summed E-state index contributed by atoms with van der Waals surface area (Å²) in [6.07, 6.45) is 4.29. The van der Waals surface area contributed by atoms with Crippen molar-refractivity contribution in [1.29, 1.82) is 0 Å². The van der Waals surface area contributed by atoms with Crippen molar-refractivity contribution < 1.29 is 0 Å². The molecule has 2 heterocycles. The van der Waals surface area contributed by atoms with Crippen molar-refractivity contribution >= 4 is 0 Å². The van der Waals surface area contributed by atoms with Crippen LogP contribution in [0.1, 0.15) is 18.4 Å². The molecule has 1 aromatic heterocycles. The third-order valence-corrected chi connectivity index (χ3v) is 2.73. The molecule has 0 radical (unpaired) electrons. The van der Waals surface area contributed by atoms with Crippen LogP contribution in [-0.2, 0) is 6.54 Å². The maximum absolute atomic E-state index is 11.6. The van der Waals surface area contributed by atoms with E-state index in [1.807, 2.05) is 19.2 Å². The van der Waals surface area contributed by atoms with Crippen LogP contribution in [0.4, 0.5) is 0 Å². The molecule has 1 fully saturated rings. The Labute approximate surface area is 83.8 Å². The van der Waals surface area contributed by atoms with Gasteiger partial charge in [-0.3, -0.25) is 4.79 Å². The summed E-state index contributed by atoms with van der Waals surface area (Å²) in [5.41, 5.74) is 1.14. The van der Waals surface area contributed by atoms with Crippen molar-refractivity contribution in [3.8, 4) is 0 Å². The molecule has 1 unspecified atom stereocenters. The monoisotopic (exact) mass is 192 g/mol. The van der Waals surface area contributed by atoms with Crippen LogP contribution < -0.4 is 10.9 Å². The molecule has 0 bridgehead atoms. The summed E-state index contributed by atoms with van der Waals surface area (Å²) in [5.74, 6) is 0. The third kappa shape index (κ3) is 2.04. The molecule has 3 heteroatoms. The predicted molar refractivity (Wildman–Crippen MR) is 56.5 cm³/mol. The SMILES string of the molecule is Cc1ccn(CC2CCCN2)c(=O)c1. The smallest absolute Gasteiger partial charge is 0.250 e. The second-order valence-electron chi connectivity index (χ2n) is 3.99. The lowest BCUT2D eigenvalue weighted by Crippen LogP contribution is -2.31. The highest BCUT2D eigenvalue weighted by Gasteiger charge is 2.14. The first-order valence-electron chi connectivity index (χ1n) is 5.16. The Bertz CT molecular complexity index is 364. The van der Waals surface area contributed by atoms with Gasteiger partial charge in [0.1, 0.15) is 0 Å². The second-order valence-corrected chi connectivity index (χ2v) is 3.99. The summed E-state index contributed by atoms with van der Waals surface area (Å²) >= 11 is 0. The Hall–Kier alpha value is -1.09. The van der Waals surface area contributed by atoms with Crippen molar-refractivity contribution in [3.63, 3.8) is 0 Å². The van der Waals surface area contributed by atoms with E-state index in [4.69, 9.17) is 0 Å². The molecule has 0 aromatic carbocycles. The highest BCUT2D eigenvalue weighted by molar-refractivity contribution is 5.08. The van der Waals surface area contributed by atoms with Crippen LogP contribution in [0.5, 0.6) is 0 Å². The van der Waals surface area contributed by atoms with Gasteiger partial charge in [0.25, 0.3) is 5.56 Å². The van der Waals surface area contributed by atoms with E-state index in [1.54, 1.807) is 10.6 Å². The minimum absolute atomic E-state index is 0.110. The zero-order valence-electron chi connectivity index (χ0n) is 8.49. The zero-order valence-corrected chi connectivity index (χ0v) is 8.49. The Morgan fingerprint density at radius 2 is 2.50 bits per heavy atom. The molecule has 76 valence electrons. The lowest BCUT2D eigenvalue weighted by Gasteiger charge is -2.12. The van der Waals surface area contributed by atoms with Crippen LogP contribution in [0.15, 0.2) is 23.1 Å². The van der Waals surface area contributed by atoms with Gasteiger partial charge in [-0.15, -0.1) is 0 Å². The van der Waals surface area contributed by atoms with Gasteiger partial charge in [-0.2, -0.15) is 0 Å². The molecule has 1 N–H and O–H groups in total. The van der Waals surface area contributed by atoms with Crippen LogP contribution in [-0.4, -0.2) is 17.2 Å². The van der Waals surface area contributed by atoms with Gasteiger partial charge in [0.2, 0.25) is 0 Å². The van der Waals surface area contributed by atoms with Crippen molar-refractivity contribution in [2.24, 2.45) is 0 Å². The lowest BCUT2D eigenvalue weighted by molar-refractivity contribution is 0.499. The first-order chi connectivity index (χ1) is 6.75. The number of aromatic nitrogens is 1. The fourth-order valence-electron chi connectivity index (χ4n) is 1.91. The van der Waals surface area contributed by atoms with E-state index >= 15 is 0 Å². The maximum atomic E-state index is 11.6. The standard InChI is InChI=1S/C11H16N2O/c1-9-4-6-13(11(14)7-9)8-10-3-2-5-12-10/h4,6-7,10,12H,2-3,5,8H2,1H3. The molecular formula is C11H16N2O. The minimum Gasteiger partial charge on any atom is -0.314 e. The van der Waals surface area contributed by atoms with Crippen molar-refractivity contribution in [3.05, 3.63) is 34.2 Å². The second kappa shape index (κ2) is 3.96. The minimum atomic E-state index is 0.110. The fourth-order valence-corrected chi connectivity index (χ4v) is 1.91.